The van der Waals surface area contributed by atoms with E-state index < -0.39 is 11.6 Å². The third kappa shape index (κ3) is 2.82. The Morgan fingerprint density at radius 1 is 1.41 bits per heavy atom. The van der Waals surface area contributed by atoms with Crippen molar-refractivity contribution in [3.8, 4) is 0 Å². The monoisotopic (exact) mass is 240 g/mol. The first-order valence-corrected chi connectivity index (χ1v) is 6.05. The van der Waals surface area contributed by atoms with E-state index in [4.69, 9.17) is 0 Å². The fourth-order valence-corrected chi connectivity index (χ4v) is 2.56. The molecule has 0 aromatic heterocycles. The molecule has 2 N–H and O–H groups in total. The second kappa shape index (κ2) is 5.56. The number of halogens is 2. The summed E-state index contributed by atoms with van der Waals surface area (Å²) >= 11 is 0. The molecular weight excluding hydrogens is 222 g/mol. The molecule has 0 spiro atoms. The molecule has 2 unspecified atom stereocenters. The van der Waals surface area contributed by atoms with Gasteiger partial charge >= 0.3 is 0 Å². The zero-order valence-corrected chi connectivity index (χ0v) is 9.97. The van der Waals surface area contributed by atoms with E-state index in [0.717, 1.165) is 32.0 Å². The Hall–Kier alpha value is -1.00. The molecule has 0 aliphatic carbocycles. The van der Waals surface area contributed by atoms with Crippen LogP contribution in [0, 0.1) is 17.6 Å². The molecular formula is C13H18F2N2. The van der Waals surface area contributed by atoms with E-state index in [1.807, 2.05) is 7.05 Å². The highest BCUT2D eigenvalue weighted by Crippen LogP contribution is 2.28. The number of nitrogens with one attached hydrogen (secondary N) is 2. The lowest BCUT2D eigenvalue weighted by atomic mass is 9.87. The minimum absolute atomic E-state index is 0.0524. The van der Waals surface area contributed by atoms with Crippen molar-refractivity contribution in [2.75, 3.05) is 20.1 Å². The topological polar surface area (TPSA) is 24.1 Å². The molecule has 1 aliphatic heterocycles. The average molecular weight is 240 g/mol. The molecule has 94 valence electrons. The molecule has 0 saturated carbocycles. The van der Waals surface area contributed by atoms with E-state index in [1.165, 1.54) is 6.07 Å². The third-order valence-electron chi connectivity index (χ3n) is 3.41. The summed E-state index contributed by atoms with van der Waals surface area (Å²) in [5.41, 5.74) is 0.558. The van der Waals surface area contributed by atoms with Crippen molar-refractivity contribution in [1.29, 1.82) is 0 Å². The largest absolute Gasteiger partial charge is 0.316 e. The van der Waals surface area contributed by atoms with Crippen LogP contribution in [-0.4, -0.2) is 20.1 Å². The van der Waals surface area contributed by atoms with Crippen molar-refractivity contribution < 1.29 is 8.78 Å². The second-order valence-corrected chi connectivity index (χ2v) is 4.54. The van der Waals surface area contributed by atoms with E-state index in [-0.39, 0.29) is 6.04 Å². The number of rotatable bonds is 3. The van der Waals surface area contributed by atoms with Crippen LogP contribution in [0.4, 0.5) is 8.78 Å². The van der Waals surface area contributed by atoms with Gasteiger partial charge in [0.25, 0.3) is 0 Å². The van der Waals surface area contributed by atoms with Crippen molar-refractivity contribution in [1.82, 2.24) is 10.6 Å². The summed E-state index contributed by atoms with van der Waals surface area (Å²) in [6.07, 6.45) is 2.17. The molecule has 1 aliphatic rings. The van der Waals surface area contributed by atoms with E-state index in [1.54, 1.807) is 6.07 Å². The molecule has 1 aromatic rings. The maximum absolute atomic E-state index is 13.7. The van der Waals surface area contributed by atoms with E-state index in [0.29, 0.717) is 11.5 Å². The van der Waals surface area contributed by atoms with E-state index in [2.05, 4.69) is 10.6 Å². The lowest BCUT2D eigenvalue weighted by Gasteiger charge is -2.31. The maximum atomic E-state index is 13.7. The maximum Gasteiger partial charge on any atom is 0.130 e. The molecule has 0 amide bonds. The molecule has 0 bridgehead atoms. The van der Waals surface area contributed by atoms with Crippen molar-refractivity contribution in [2.24, 2.45) is 5.92 Å². The summed E-state index contributed by atoms with van der Waals surface area (Å²) in [7, 11) is 1.82. The number of hydrogen-bond donors (Lipinski definition) is 2. The Balaban J connectivity index is 2.21. The molecule has 1 heterocycles. The Bertz CT molecular complexity index is 376. The van der Waals surface area contributed by atoms with Crippen molar-refractivity contribution >= 4 is 0 Å². The van der Waals surface area contributed by atoms with Gasteiger partial charge in [-0.15, -0.1) is 0 Å². The molecule has 1 saturated heterocycles. The molecule has 1 aromatic carbocycles. The number of hydrogen-bond acceptors (Lipinski definition) is 2. The molecule has 17 heavy (non-hydrogen) atoms. The number of piperidine rings is 1. The zero-order valence-electron chi connectivity index (χ0n) is 9.97. The number of benzene rings is 1. The van der Waals surface area contributed by atoms with Gasteiger partial charge in [-0.25, -0.2) is 8.78 Å². The van der Waals surface area contributed by atoms with Gasteiger partial charge in [0.2, 0.25) is 0 Å². The van der Waals surface area contributed by atoms with Crippen LogP contribution < -0.4 is 10.6 Å². The molecule has 0 radical (unpaired) electrons. The van der Waals surface area contributed by atoms with Crippen molar-refractivity contribution in [2.45, 2.75) is 18.9 Å². The standard InChI is InChI=1S/C13H18F2N2/c1-16-13(9-3-2-6-17-8-9)11-5-4-10(14)7-12(11)15/h4-5,7,9,13,16-17H,2-3,6,8H2,1H3. The predicted molar refractivity (Wildman–Crippen MR) is 63.8 cm³/mol. The minimum Gasteiger partial charge on any atom is -0.316 e. The van der Waals surface area contributed by atoms with Crippen LogP contribution in [0.3, 0.4) is 0 Å². The van der Waals surface area contributed by atoms with Crippen LogP contribution >= 0.6 is 0 Å². The van der Waals surface area contributed by atoms with Gasteiger partial charge in [-0.2, -0.15) is 0 Å². The van der Waals surface area contributed by atoms with Crippen LogP contribution in [0.1, 0.15) is 24.4 Å². The highest BCUT2D eigenvalue weighted by Gasteiger charge is 2.25. The molecule has 2 rings (SSSR count). The summed E-state index contributed by atoms with van der Waals surface area (Å²) in [5.74, 6) is -0.633. The molecule has 1 fully saturated rings. The quantitative estimate of drug-likeness (QED) is 0.846. The van der Waals surface area contributed by atoms with E-state index >= 15 is 0 Å². The first kappa shape index (κ1) is 12.5. The zero-order chi connectivity index (χ0) is 12.3. The fourth-order valence-electron chi connectivity index (χ4n) is 2.56. The van der Waals surface area contributed by atoms with Gasteiger partial charge in [-0.1, -0.05) is 6.07 Å². The third-order valence-corrected chi connectivity index (χ3v) is 3.41. The Kier molecular flexibility index (Phi) is 4.07. The lowest BCUT2D eigenvalue weighted by Crippen LogP contribution is -2.37. The fraction of sp³-hybridized carbons (Fsp3) is 0.538. The van der Waals surface area contributed by atoms with Gasteiger partial charge in [0.1, 0.15) is 11.6 Å². The van der Waals surface area contributed by atoms with Gasteiger partial charge in [0.15, 0.2) is 0 Å². The van der Waals surface area contributed by atoms with Crippen LogP contribution in [0.15, 0.2) is 18.2 Å². The van der Waals surface area contributed by atoms with Crippen LogP contribution in [0.25, 0.3) is 0 Å². The average Bonchev–Trinajstić information content (AvgIpc) is 2.34. The normalized spacial score (nSPS) is 22.4. The van der Waals surface area contributed by atoms with Gasteiger partial charge in [0, 0.05) is 17.7 Å². The molecule has 2 nitrogen and oxygen atoms in total. The summed E-state index contributed by atoms with van der Waals surface area (Å²) in [4.78, 5) is 0. The van der Waals surface area contributed by atoms with Gasteiger partial charge in [-0.3, -0.25) is 0 Å². The highest BCUT2D eigenvalue weighted by atomic mass is 19.1. The van der Waals surface area contributed by atoms with Crippen LogP contribution in [0.2, 0.25) is 0 Å². The first-order chi connectivity index (χ1) is 8.22. The van der Waals surface area contributed by atoms with Gasteiger partial charge in [-0.05, 0) is 45.0 Å². The highest BCUT2D eigenvalue weighted by molar-refractivity contribution is 5.23. The van der Waals surface area contributed by atoms with Gasteiger partial charge < -0.3 is 10.6 Å². The lowest BCUT2D eigenvalue weighted by molar-refractivity contribution is 0.293. The van der Waals surface area contributed by atoms with E-state index in [9.17, 15) is 8.78 Å². The Morgan fingerprint density at radius 2 is 2.24 bits per heavy atom. The molecule has 2 atom stereocenters. The summed E-state index contributed by atoms with van der Waals surface area (Å²) in [6, 6.07) is 3.76. The van der Waals surface area contributed by atoms with Gasteiger partial charge in [0.05, 0.1) is 0 Å². The summed E-state index contributed by atoms with van der Waals surface area (Å²) in [6.45, 7) is 1.90. The minimum atomic E-state index is -0.525. The van der Waals surface area contributed by atoms with Crippen molar-refractivity contribution in [3.63, 3.8) is 0 Å². The van der Waals surface area contributed by atoms with Crippen molar-refractivity contribution in [3.05, 3.63) is 35.4 Å². The second-order valence-electron chi connectivity index (χ2n) is 4.54. The smallest absolute Gasteiger partial charge is 0.130 e. The SMILES string of the molecule is CNC(c1ccc(F)cc1F)C1CCCNC1. The predicted octanol–water partition coefficient (Wildman–Crippen LogP) is 2.22. The summed E-state index contributed by atoms with van der Waals surface area (Å²) < 4.78 is 26.6. The first-order valence-electron chi connectivity index (χ1n) is 6.05. The Morgan fingerprint density at radius 3 is 2.82 bits per heavy atom. The summed E-state index contributed by atoms with van der Waals surface area (Å²) in [5, 5.41) is 6.46. The van der Waals surface area contributed by atoms with Crippen LogP contribution in [0.5, 0.6) is 0 Å². The van der Waals surface area contributed by atoms with Crippen LogP contribution in [-0.2, 0) is 0 Å². The Labute approximate surface area is 100 Å². The molecule has 4 heteroatoms.